The molecular formula is C9H11N5O. The highest BCUT2D eigenvalue weighted by Crippen LogP contribution is 2.18. The lowest BCUT2D eigenvalue weighted by Crippen LogP contribution is -2.08. The second kappa shape index (κ2) is 3.97. The maximum atomic E-state index is 5.39. The molecule has 0 saturated carbocycles. The van der Waals surface area contributed by atoms with Gasteiger partial charge in [0.05, 0.1) is 0 Å². The molecule has 0 aliphatic carbocycles. The molecular weight excluding hydrogens is 194 g/mol. The lowest BCUT2D eigenvalue weighted by molar-refractivity contribution is 0.444. The molecule has 6 heteroatoms. The van der Waals surface area contributed by atoms with Gasteiger partial charge >= 0.3 is 0 Å². The Hall–Kier alpha value is -2.08. The Morgan fingerprint density at radius 3 is 2.93 bits per heavy atom. The van der Waals surface area contributed by atoms with Crippen molar-refractivity contribution >= 4 is 5.82 Å². The molecule has 0 spiro atoms. The molecule has 2 aromatic rings. The van der Waals surface area contributed by atoms with Gasteiger partial charge in [0.15, 0.2) is 0 Å². The molecule has 2 heterocycles. The standard InChI is InChI=1S/C9H11N5O/c1-6-5-9(14-13-6)15-8-4-2-3-7(11-8)12-10/h2-5H,10H2,1H3,(H,11,12)(H,13,14). The number of hydrogen-bond donors (Lipinski definition) is 3. The molecule has 0 radical (unpaired) electrons. The van der Waals surface area contributed by atoms with Crippen LogP contribution in [0.25, 0.3) is 0 Å². The van der Waals surface area contributed by atoms with Crippen LogP contribution in [0.2, 0.25) is 0 Å². The fourth-order valence-electron chi connectivity index (χ4n) is 1.10. The van der Waals surface area contributed by atoms with E-state index in [1.165, 1.54) is 0 Å². The van der Waals surface area contributed by atoms with Gasteiger partial charge < -0.3 is 10.2 Å². The monoisotopic (exact) mass is 205 g/mol. The summed E-state index contributed by atoms with van der Waals surface area (Å²) in [7, 11) is 0. The molecule has 0 saturated heterocycles. The Bertz CT molecular complexity index is 453. The van der Waals surface area contributed by atoms with Gasteiger partial charge in [0.2, 0.25) is 11.8 Å². The highest BCUT2D eigenvalue weighted by molar-refractivity contribution is 5.36. The minimum absolute atomic E-state index is 0.442. The van der Waals surface area contributed by atoms with E-state index in [4.69, 9.17) is 10.6 Å². The van der Waals surface area contributed by atoms with Gasteiger partial charge in [-0.15, -0.1) is 5.10 Å². The van der Waals surface area contributed by atoms with Crippen molar-refractivity contribution in [1.29, 1.82) is 0 Å². The molecule has 78 valence electrons. The molecule has 0 aromatic carbocycles. The first kappa shape index (κ1) is 9.47. The number of nitrogen functional groups attached to an aromatic ring is 1. The van der Waals surface area contributed by atoms with Gasteiger partial charge in [-0.3, -0.25) is 5.10 Å². The maximum Gasteiger partial charge on any atom is 0.240 e. The van der Waals surface area contributed by atoms with Crippen molar-refractivity contribution in [2.75, 3.05) is 5.43 Å². The molecule has 0 aliphatic heterocycles. The van der Waals surface area contributed by atoms with Crippen LogP contribution in [0.4, 0.5) is 5.82 Å². The van der Waals surface area contributed by atoms with Crippen molar-refractivity contribution in [2.24, 2.45) is 5.84 Å². The summed E-state index contributed by atoms with van der Waals surface area (Å²) in [4.78, 5) is 4.08. The molecule has 0 aliphatic rings. The number of nitrogens with zero attached hydrogens (tertiary/aromatic N) is 2. The number of rotatable bonds is 3. The first-order chi connectivity index (χ1) is 7.28. The van der Waals surface area contributed by atoms with E-state index in [-0.39, 0.29) is 0 Å². The maximum absolute atomic E-state index is 5.39. The van der Waals surface area contributed by atoms with Crippen molar-refractivity contribution < 1.29 is 4.74 Å². The van der Waals surface area contributed by atoms with E-state index in [0.717, 1.165) is 5.69 Å². The van der Waals surface area contributed by atoms with Gasteiger partial charge in [0, 0.05) is 17.8 Å². The predicted molar refractivity (Wildman–Crippen MR) is 55.4 cm³/mol. The summed E-state index contributed by atoms with van der Waals surface area (Å²) in [5.74, 6) is 6.69. The zero-order valence-electron chi connectivity index (χ0n) is 8.19. The average Bonchev–Trinajstić information content (AvgIpc) is 2.64. The Labute approximate surface area is 86.4 Å². The SMILES string of the molecule is Cc1cc(Oc2cccc(NN)n2)n[nH]1. The Morgan fingerprint density at radius 1 is 1.40 bits per heavy atom. The molecule has 6 nitrogen and oxygen atoms in total. The fourth-order valence-corrected chi connectivity index (χ4v) is 1.10. The van der Waals surface area contributed by atoms with Crippen LogP contribution in [0.15, 0.2) is 24.3 Å². The number of hydrazine groups is 1. The van der Waals surface area contributed by atoms with Crippen LogP contribution in [0.5, 0.6) is 11.8 Å². The largest absolute Gasteiger partial charge is 0.419 e. The zero-order valence-corrected chi connectivity index (χ0v) is 8.19. The second-order valence-corrected chi connectivity index (χ2v) is 3.00. The highest BCUT2D eigenvalue weighted by Gasteiger charge is 2.02. The Kier molecular flexibility index (Phi) is 2.51. The van der Waals surface area contributed by atoms with Gasteiger partial charge in [-0.2, -0.15) is 4.98 Å². The minimum atomic E-state index is 0.442. The number of aromatic amines is 1. The average molecular weight is 205 g/mol. The van der Waals surface area contributed by atoms with Crippen LogP contribution in [0.1, 0.15) is 5.69 Å². The van der Waals surface area contributed by atoms with E-state index in [0.29, 0.717) is 17.6 Å². The number of aromatic nitrogens is 3. The third kappa shape index (κ3) is 2.23. The summed E-state index contributed by atoms with van der Waals surface area (Å²) in [5.41, 5.74) is 3.37. The number of nitrogens with one attached hydrogen (secondary N) is 2. The number of ether oxygens (including phenoxy) is 1. The van der Waals surface area contributed by atoms with Gasteiger partial charge in [-0.05, 0) is 13.0 Å². The van der Waals surface area contributed by atoms with E-state index in [1.54, 1.807) is 24.3 Å². The molecule has 2 aromatic heterocycles. The lowest BCUT2D eigenvalue weighted by Gasteiger charge is -2.02. The number of nitrogens with two attached hydrogens (primary N) is 1. The molecule has 0 unspecified atom stereocenters. The molecule has 15 heavy (non-hydrogen) atoms. The summed E-state index contributed by atoms with van der Waals surface area (Å²) >= 11 is 0. The summed E-state index contributed by atoms with van der Waals surface area (Å²) in [6.45, 7) is 1.89. The first-order valence-electron chi connectivity index (χ1n) is 4.41. The van der Waals surface area contributed by atoms with Crippen LogP contribution in [-0.2, 0) is 0 Å². The van der Waals surface area contributed by atoms with Gasteiger partial charge in [0.25, 0.3) is 0 Å². The van der Waals surface area contributed by atoms with Crippen molar-refractivity contribution in [1.82, 2.24) is 15.2 Å². The van der Waals surface area contributed by atoms with Gasteiger partial charge in [-0.25, -0.2) is 5.84 Å². The first-order valence-corrected chi connectivity index (χ1v) is 4.41. The third-order valence-corrected chi connectivity index (χ3v) is 1.76. The van der Waals surface area contributed by atoms with E-state index >= 15 is 0 Å². The number of hydrogen-bond acceptors (Lipinski definition) is 5. The van der Waals surface area contributed by atoms with Gasteiger partial charge in [-0.1, -0.05) is 6.07 Å². The van der Waals surface area contributed by atoms with Crippen LogP contribution >= 0.6 is 0 Å². The van der Waals surface area contributed by atoms with E-state index in [9.17, 15) is 0 Å². The van der Waals surface area contributed by atoms with Crippen molar-refractivity contribution in [2.45, 2.75) is 6.92 Å². The third-order valence-electron chi connectivity index (χ3n) is 1.76. The van der Waals surface area contributed by atoms with Crippen LogP contribution in [-0.4, -0.2) is 15.2 Å². The topological polar surface area (TPSA) is 88.8 Å². The number of aryl methyl sites for hydroxylation is 1. The van der Waals surface area contributed by atoms with E-state index in [2.05, 4.69) is 20.6 Å². The molecule has 0 bridgehead atoms. The lowest BCUT2D eigenvalue weighted by atomic mass is 10.4. The summed E-state index contributed by atoms with van der Waals surface area (Å²) < 4.78 is 5.39. The number of pyridine rings is 1. The van der Waals surface area contributed by atoms with Crippen LogP contribution in [0, 0.1) is 6.92 Å². The summed E-state index contributed by atoms with van der Waals surface area (Å²) in [6, 6.07) is 7.04. The van der Waals surface area contributed by atoms with Gasteiger partial charge in [0.1, 0.15) is 5.82 Å². The van der Waals surface area contributed by atoms with Crippen LogP contribution < -0.4 is 16.0 Å². The Balaban J connectivity index is 2.16. The predicted octanol–water partition coefficient (Wildman–Crippen LogP) is 1.19. The fraction of sp³-hybridized carbons (Fsp3) is 0.111. The molecule has 2 rings (SSSR count). The molecule has 0 amide bonds. The van der Waals surface area contributed by atoms with Crippen molar-refractivity contribution in [3.8, 4) is 11.8 Å². The van der Waals surface area contributed by atoms with Crippen molar-refractivity contribution in [3.05, 3.63) is 30.0 Å². The molecule has 0 atom stereocenters. The zero-order chi connectivity index (χ0) is 10.7. The normalized spacial score (nSPS) is 10.0. The van der Waals surface area contributed by atoms with E-state index in [1.807, 2.05) is 6.92 Å². The van der Waals surface area contributed by atoms with E-state index < -0.39 is 0 Å². The summed E-state index contributed by atoms with van der Waals surface area (Å²) in [5, 5.41) is 6.70. The van der Waals surface area contributed by atoms with Crippen LogP contribution in [0.3, 0.4) is 0 Å². The smallest absolute Gasteiger partial charge is 0.240 e. The second-order valence-electron chi connectivity index (χ2n) is 3.00. The molecule has 4 N–H and O–H groups in total. The number of anilines is 1. The van der Waals surface area contributed by atoms with Crippen molar-refractivity contribution in [3.63, 3.8) is 0 Å². The Morgan fingerprint density at radius 2 is 2.27 bits per heavy atom. The quantitative estimate of drug-likeness (QED) is 0.517. The highest BCUT2D eigenvalue weighted by atomic mass is 16.5. The number of H-pyrrole nitrogens is 1. The molecule has 0 fully saturated rings. The summed E-state index contributed by atoms with van der Waals surface area (Å²) in [6.07, 6.45) is 0. The minimum Gasteiger partial charge on any atom is -0.419 e.